The number of ether oxygens (including phenoxy) is 3. The molecule has 2 aromatic carbocycles. The van der Waals surface area contributed by atoms with Gasteiger partial charge in [-0.15, -0.1) is 0 Å². The number of methoxy groups -OCH3 is 2. The van der Waals surface area contributed by atoms with E-state index < -0.39 is 16.9 Å². The third-order valence-electron chi connectivity index (χ3n) is 4.72. The molecule has 172 valence electrons. The van der Waals surface area contributed by atoms with E-state index in [2.05, 4.69) is 5.32 Å². The molecule has 0 aromatic heterocycles. The van der Waals surface area contributed by atoms with Gasteiger partial charge < -0.3 is 24.4 Å². The molecule has 0 spiro atoms. The average molecular weight is 445 g/mol. The van der Waals surface area contributed by atoms with E-state index in [1.807, 2.05) is 6.07 Å². The maximum atomic E-state index is 13.0. The van der Waals surface area contributed by atoms with Gasteiger partial charge in [0.25, 0.3) is 5.91 Å². The van der Waals surface area contributed by atoms with E-state index in [0.717, 1.165) is 5.56 Å². The fourth-order valence-corrected chi connectivity index (χ4v) is 3.00. The molecule has 1 N–H and O–H groups in total. The maximum absolute atomic E-state index is 13.0. The zero-order valence-electron chi connectivity index (χ0n) is 18.5. The Morgan fingerprint density at radius 2 is 1.88 bits per heavy atom. The van der Waals surface area contributed by atoms with Gasteiger partial charge in [0.05, 0.1) is 19.1 Å². The highest BCUT2D eigenvalue weighted by Crippen LogP contribution is 2.30. The summed E-state index contributed by atoms with van der Waals surface area (Å²) in [7, 11) is 2.85. The normalized spacial score (nSPS) is 11.2. The highest BCUT2D eigenvalue weighted by atomic mass is 16.6. The molecule has 10 nitrogen and oxygen atoms in total. The van der Waals surface area contributed by atoms with Crippen LogP contribution >= 0.6 is 0 Å². The Bertz CT molecular complexity index is 964. The number of carbonyl (C=O) groups excluding carboxylic acids is 2. The van der Waals surface area contributed by atoms with E-state index in [-0.39, 0.29) is 36.2 Å². The topological polar surface area (TPSA) is 120 Å². The lowest BCUT2D eigenvalue weighted by atomic mass is 10.1. The first kappa shape index (κ1) is 24.4. The van der Waals surface area contributed by atoms with Gasteiger partial charge in [-0.3, -0.25) is 19.7 Å². The number of hydrogen-bond donors (Lipinski definition) is 1. The Morgan fingerprint density at radius 3 is 2.50 bits per heavy atom. The van der Waals surface area contributed by atoms with Gasteiger partial charge in [0, 0.05) is 25.2 Å². The van der Waals surface area contributed by atoms with E-state index in [0.29, 0.717) is 12.3 Å². The predicted molar refractivity (Wildman–Crippen MR) is 117 cm³/mol. The average Bonchev–Trinajstić information content (AvgIpc) is 2.80. The van der Waals surface area contributed by atoms with Crippen molar-refractivity contribution in [2.75, 3.05) is 27.4 Å². The number of hydrogen-bond acceptors (Lipinski definition) is 7. The van der Waals surface area contributed by atoms with Crippen molar-refractivity contribution in [3.63, 3.8) is 0 Å². The molecule has 10 heteroatoms. The summed E-state index contributed by atoms with van der Waals surface area (Å²) < 4.78 is 15.8. The van der Waals surface area contributed by atoms with Crippen LogP contribution in [0.4, 0.5) is 5.69 Å². The van der Waals surface area contributed by atoms with Crippen LogP contribution in [0, 0.1) is 10.1 Å². The summed E-state index contributed by atoms with van der Waals surface area (Å²) in [4.78, 5) is 37.3. The second-order valence-corrected chi connectivity index (χ2v) is 6.82. The highest BCUT2D eigenvalue weighted by Gasteiger charge is 2.26. The van der Waals surface area contributed by atoms with Crippen LogP contribution in [0.15, 0.2) is 42.5 Å². The predicted octanol–water partition coefficient (Wildman–Crippen LogP) is 2.54. The van der Waals surface area contributed by atoms with E-state index in [4.69, 9.17) is 14.2 Å². The third kappa shape index (κ3) is 6.34. The SMILES string of the molecule is CCNC(=O)[C@H](C)N(Cc1cccc(OC)c1)C(=O)COc1ccc([N+](=O)[O-])c(OC)c1. The molecule has 0 fully saturated rings. The van der Waals surface area contributed by atoms with Crippen molar-refractivity contribution in [1.82, 2.24) is 10.2 Å². The van der Waals surface area contributed by atoms with Crippen molar-refractivity contribution in [2.24, 2.45) is 0 Å². The van der Waals surface area contributed by atoms with Crippen molar-refractivity contribution in [2.45, 2.75) is 26.4 Å². The standard InChI is InChI=1S/C22H27N3O7/c1-5-23-22(27)15(2)24(13-16-7-6-8-17(11-16)30-3)21(26)14-32-18-9-10-19(25(28)29)20(12-18)31-4/h6-12,15H,5,13-14H2,1-4H3,(H,23,27)/t15-/m0/s1. The van der Waals surface area contributed by atoms with Crippen molar-refractivity contribution >= 4 is 17.5 Å². The molecule has 0 saturated carbocycles. The van der Waals surface area contributed by atoms with Crippen LogP contribution in [0.3, 0.4) is 0 Å². The zero-order chi connectivity index (χ0) is 23.7. The number of likely N-dealkylation sites (N-methyl/N-ethyl adjacent to an activating group) is 1. The number of amides is 2. The second kappa shape index (κ2) is 11.5. The summed E-state index contributed by atoms with van der Waals surface area (Å²) in [6.07, 6.45) is 0. The Hall–Kier alpha value is -3.82. The van der Waals surface area contributed by atoms with Gasteiger partial charge in [0.15, 0.2) is 6.61 Å². The molecule has 1 atom stereocenters. The molecule has 0 aliphatic carbocycles. The Kier molecular flexibility index (Phi) is 8.82. The molecule has 2 rings (SSSR count). The Morgan fingerprint density at radius 1 is 1.12 bits per heavy atom. The first-order valence-electron chi connectivity index (χ1n) is 9.96. The Balaban J connectivity index is 2.20. The minimum absolute atomic E-state index is 0.0175. The smallest absolute Gasteiger partial charge is 0.311 e. The summed E-state index contributed by atoms with van der Waals surface area (Å²) >= 11 is 0. The van der Waals surface area contributed by atoms with E-state index >= 15 is 0 Å². The fraction of sp³-hybridized carbons (Fsp3) is 0.364. The van der Waals surface area contributed by atoms with E-state index in [1.54, 1.807) is 39.2 Å². The third-order valence-corrected chi connectivity index (χ3v) is 4.72. The first-order chi connectivity index (χ1) is 15.3. The number of nitro groups is 1. The van der Waals surface area contributed by atoms with Gasteiger partial charge >= 0.3 is 5.69 Å². The summed E-state index contributed by atoms with van der Waals surface area (Å²) in [6, 6.07) is 10.4. The van der Waals surface area contributed by atoms with Crippen LogP contribution in [0.1, 0.15) is 19.4 Å². The highest BCUT2D eigenvalue weighted by molar-refractivity contribution is 5.87. The summed E-state index contributed by atoms with van der Waals surface area (Å²) in [5, 5.41) is 13.8. The molecule has 2 aromatic rings. The molecular formula is C22H27N3O7. The monoisotopic (exact) mass is 445 g/mol. The van der Waals surface area contributed by atoms with Crippen LogP contribution in [-0.2, 0) is 16.1 Å². The molecule has 32 heavy (non-hydrogen) atoms. The molecule has 0 aliphatic rings. The van der Waals surface area contributed by atoms with Crippen molar-refractivity contribution in [3.8, 4) is 17.2 Å². The number of nitrogens with zero attached hydrogens (tertiary/aromatic N) is 2. The number of benzene rings is 2. The zero-order valence-corrected chi connectivity index (χ0v) is 18.5. The van der Waals surface area contributed by atoms with Crippen LogP contribution in [-0.4, -0.2) is 55.1 Å². The maximum Gasteiger partial charge on any atom is 0.311 e. The van der Waals surface area contributed by atoms with Crippen LogP contribution < -0.4 is 19.5 Å². The first-order valence-corrected chi connectivity index (χ1v) is 9.96. The number of nitrogens with one attached hydrogen (secondary N) is 1. The van der Waals surface area contributed by atoms with Gasteiger partial charge in [0.2, 0.25) is 11.7 Å². The van der Waals surface area contributed by atoms with E-state index in [9.17, 15) is 19.7 Å². The van der Waals surface area contributed by atoms with Gasteiger partial charge in [-0.2, -0.15) is 0 Å². The summed E-state index contributed by atoms with van der Waals surface area (Å²) in [6.45, 7) is 3.67. The summed E-state index contributed by atoms with van der Waals surface area (Å²) in [5.41, 5.74) is 0.571. The van der Waals surface area contributed by atoms with Gasteiger partial charge in [0.1, 0.15) is 17.5 Å². The molecule has 0 unspecified atom stereocenters. The van der Waals surface area contributed by atoms with Crippen molar-refractivity contribution in [3.05, 3.63) is 58.1 Å². The van der Waals surface area contributed by atoms with Crippen molar-refractivity contribution in [1.29, 1.82) is 0 Å². The summed E-state index contributed by atoms with van der Waals surface area (Å²) in [5.74, 6) is 0.163. The molecule has 0 aliphatic heterocycles. The van der Waals surface area contributed by atoms with Gasteiger partial charge in [-0.1, -0.05) is 12.1 Å². The van der Waals surface area contributed by atoms with Crippen LogP contribution in [0.2, 0.25) is 0 Å². The van der Waals surface area contributed by atoms with Crippen LogP contribution in [0.5, 0.6) is 17.2 Å². The van der Waals surface area contributed by atoms with Gasteiger partial charge in [-0.25, -0.2) is 0 Å². The molecule has 0 heterocycles. The quantitative estimate of drug-likeness (QED) is 0.417. The number of carbonyl (C=O) groups is 2. The molecule has 0 radical (unpaired) electrons. The lowest BCUT2D eigenvalue weighted by molar-refractivity contribution is -0.385. The van der Waals surface area contributed by atoms with E-state index in [1.165, 1.54) is 30.2 Å². The lowest BCUT2D eigenvalue weighted by Crippen LogP contribution is -2.49. The largest absolute Gasteiger partial charge is 0.497 e. The molecule has 2 amide bonds. The number of nitro benzene ring substituents is 1. The van der Waals surface area contributed by atoms with Crippen molar-refractivity contribution < 1.29 is 28.7 Å². The molecule has 0 saturated heterocycles. The number of rotatable bonds is 11. The minimum Gasteiger partial charge on any atom is -0.497 e. The fourth-order valence-electron chi connectivity index (χ4n) is 3.00. The lowest BCUT2D eigenvalue weighted by Gasteiger charge is -2.28. The second-order valence-electron chi connectivity index (χ2n) is 6.82. The Labute approximate surface area is 186 Å². The van der Waals surface area contributed by atoms with Gasteiger partial charge in [-0.05, 0) is 37.6 Å². The molecular weight excluding hydrogens is 418 g/mol. The minimum atomic E-state index is -0.747. The van der Waals surface area contributed by atoms with Crippen LogP contribution in [0.25, 0.3) is 0 Å². The molecule has 0 bridgehead atoms.